The first-order valence-corrected chi connectivity index (χ1v) is 67.3. The van der Waals surface area contributed by atoms with E-state index >= 15 is 0 Å². The van der Waals surface area contributed by atoms with Gasteiger partial charge in [-0.25, -0.2) is 16.8 Å². The van der Waals surface area contributed by atoms with Crippen LogP contribution in [0, 0.1) is 146 Å². The third-order valence-electron chi connectivity index (χ3n) is 43.0. The van der Waals surface area contributed by atoms with Crippen LogP contribution in [0.5, 0.6) is 0 Å². The minimum Gasteiger partial charge on any atom is -0.850 e. The molecule has 1 aliphatic heterocycles. The molecule has 17 fully saturated rings. The number of hydrogen-bond acceptors (Lipinski definition) is 13. The number of ketones is 1. The molecule has 2 aromatic rings. The molecule has 13 nitrogen and oxygen atoms in total. The van der Waals surface area contributed by atoms with Gasteiger partial charge in [0.1, 0.15) is 5.78 Å². The molecule has 28 atom stereocenters. The first-order chi connectivity index (χ1) is 66.0. The maximum Gasteiger partial charge on any atom is 1.00 e. The van der Waals surface area contributed by atoms with E-state index in [2.05, 4.69) is 123 Å². The van der Waals surface area contributed by atoms with Gasteiger partial charge in [-0.3, -0.25) is 4.79 Å². The summed E-state index contributed by atoms with van der Waals surface area (Å²) in [6, 6.07) is 18.1. The van der Waals surface area contributed by atoms with Crippen molar-refractivity contribution in [3.63, 3.8) is 0 Å². The van der Waals surface area contributed by atoms with Crippen molar-refractivity contribution in [3.05, 3.63) is 67.6 Å². The van der Waals surface area contributed by atoms with Crippen LogP contribution < -0.4 is 75.4 Å². The Hall–Kier alpha value is 1.00. The molecule has 17 aliphatic rings. The van der Waals surface area contributed by atoms with E-state index < -0.39 is 52.9 Å². The molecule has 0 bridgehead atoms. The zero-order valence-corrected chi connectivity index (χ0v) is 103. The molecule has 1 saturated heterocycles. The van der Waals surface area contributed by atoms with Crippen molar-refractivity contribution in [2.75, 3.05) is 38.2 Å². The summed E-state index contributed by atoms with van der Waals surface area (Å²) < 4.78 is 60.6. The second-order valence-corrected chi connectivity index (χ2v) is 70.6. The molecule has 144 heavy (non-hydrogen) atoms. The summed E-state index contributed by atoms with van der Waals surface area (Å²) >= 11 is 2.46. The molecule has 19 heteroatoms. The van der Waals surface area contributed by atoms with Crippen molar-refractivity contribution >= 4 is 53.9 Å². The maximum absolute atomic E-state index is 14.4. The first kappa shape index (κ1) is 130. The molecule has 16 saturated carbocycles. The molecule has 0 radical (unpaired) electrons. The minimum atomic E-state index is -3.60. The van der Waals surface area contributed by atoms with Crippen LogP contribution >= 0.6 is 28.4 Å². The number of benzene rings is 2. The normalized spacial score (nSPS) is 39.3. The second-order valence-electron chi connectivity index (χ2n) is 55.1. The van der Waals surface area contributed by atoms with E-state index in [1.54, 1.807) is 45.0 Å². The first-order valence-electron chi connectivity index (χ1n) is 58.7. The van der Waals surface area contributed by atoms with E-state index in [-0.39, 0.29) is 119 Å². The Morgan fingerprint density at radius 3 is 1.09 bits per heavy atom. The standard InChI is InChI=1S/C37H58O4S.C31H54O2.C29H44O3S.C8H14O.C7H12O.C4H9O.C4H9.C3H9IS.CH4O.CH4.K.Li/c1-26(33(25-37(39)19-10-5-6-11-20-37)42(40,41)28-12-8-7-9-13-28)30-16-17-31-29-15-14-27-24-34(2,38)22-23-35(27,3)32(29)18-21-36(30,31)4;1-22(13-18-31(33)15-7-5-6-8-16-31)25-11-12-26-24-10-9-23-21-28(2,32)19-20-29(23,3)27(24)14-17-30(25,26)4;1-20(19-33(31,32)22-8-6-5-7-9-22)24-12-13-25-23-11-10-21-18-27(2,30)16-17-28(21,3)26(23)14-15-29(24,25)4;1-2-4-6-8(5-3-1)7-9-8;8-7-5-3-1-2-4-6-7;1-4(2,3)5;1-3-4-2;1-5(2,3)4;1-2;;;/h7-9,12-13,26-27,29-33,38-39H,5-6,10-11,14-25H2,1-4H3;22-27,32-33H,5-21H2,1-4H3;5-9,20-21,23-26,30H,10-19H2,1-4H3;1-7H2;1-6H2;1-3H3;1,3-4H2,2H3;1-3H3;2H,1H3;1H4;;/q;;;;;2*-1;;;;2*+1/t26-,27-,29-,30+,31-,32-,33?,34-,35-,36+;22-,23+,24+,25-,26+,27+,28+,29+,30-;20-,21+,23+,24-,25+,26+,27+,28+,29-;;;;;;;;;/m011........./s1. The average molecular weight is 2200 g/mol. The molecular formula is C125H217IKLiO13S3. The smallest absolute Gasteiger partial charge is 0.850 e. The van der Waals surface area contributed by atoms with Gasteiger partial charge in [0.15, 0.2) is 19.7 Å². The van der Waals surface area contributed by atoms with Crippen LogP contribution in [0.3, 0.4) is 0 Å². The second kappa shape index (κ2) is 54.7. The largest absolute Gasteiger partial charge is 1.00 e. The van der Waals surface area contributed by atoms with Crippen LogP contribution in [0.4, 0.5) is 0 Å². The molecule has 16 aliphatic carbocycles. The Bertz CT molecular complexity index is 4320. The average Bonchev–Trinajstić information content (AvgIpc) is 1.45. The van der Waals surface area contributed by atoms with Crippen molar-refractivity contribution in [1.82, 2.24) is 0 Å². The van der Waals surface area contributed by atoms with Crippen molar-refractivity contribution in [2.24, 2.45) is 139 Å². The number of unbranched alkanes of at least 4 members (excludes halogenated alkanes) is 1. The van der Waals surface area contributed by atoms with E-state index in [4.69, 9.17) is 9.84 Å². The molecule has 1 heterocycles. The third kappa shape index (κ3) is 33.1. The van der Waals surface area contributed by atoms with Gasteiger partial charge in [-0.2, -0.15) is 13.6 Å². The fourth-order valence-electron chi connectivity index (χ4n) is 35.1. The van der Waals surface area contributed by atoms with E-state index in [1.807, 2.05) is 50.2 Å². The Morgan fingerprint density at radius 1 is 0.438 bits per heavy atom. The number of halogens is 1. The quantitative estimate of drug-likeness (QED) is 0.0320. The number of aliphatic hydroxyl groups is 6. The topological polar surface area (TPSA) is 242 Å². The van der Waals surface area contributed by atoms with Crippen LogP contribution in [-0.4, -0.2) is 136 Å². The molecule has 6 N–H and O–H groups in total. The van der Waals surface area contributed by atoms with Crippen LogP contribution in [0.2, 0.25) is 0 Å². The molecule has 0 aromatic heterocycles. The molecular weight excluding hydrogens is 1980 g/mol. The van der Waals surface area contributed by atoms with Crippen LogP contribution in [0.1, 0.15) is 478 Å². The zero-order valence-electron chi connectivity index (χ0n) is 95.6. The summed E-state index contributed by atoms with van der Waals surface area (Å²) in [4.78, 5) is 11.6. The molecule has 19 rings (SSSR count). The van der Waals surface area contributed by atoms with E-state index in [0.717, 1.165) is 220 Å². The summed E-state index contributed by atoms with van der Waals surface area (Å²) in [6.07, 6.45) is 72.2. The summed E-state index contributed by atoms with van der Waals surface area (Å²) in [5.41, 5.74) is -0.852. The number of ether oxygens (including phenoxy) is 1. The van der Waals surface area contributed by atoms with Crippen molar-refractivity contribution in [3.8, 4) is 0 Å². The number of aliphatic hydroxyl groups excluding tert-OH is 1. The van der Waals surface area contributed by atoms with Gasteiger partial charge < -0.3 is 47.4 Å². The Kier molecular flexibility index (Phi) is 49.4. The number of hydrogen-bond donors (Lipinski definition) is 6. The fraction of sp³-hybridized carbons (Fsp3) is 0.888. The fourth-order valence-corrected chi connectivity index (χ4v) is 39.0. The number of Topliss-reactive ketones (excluding diaryl/α,β-unsaturated/α-hetero) is 1. The summed E-state index contributed by atoms with van der Waals surface area (Å²) in [7, 11) is -6.04. The van der Waals surface area contributed by atoms with Crippen LogP contribution in [0.25, 0.3) is 0 Å². The summed E-state index contributed by atoms with van der Waals surface area (Å²) in [5, 5.41) is 72.1. The van der Waals surface area contributed by atoms with Gasteiger partial charge in [-0.1, -0.05) is 230 Å². The predicted octanol–water partition coefficient (Wildman–Crippen LogP) is 24.8. The number of rotatable bonds is 15. The van der Waals surface area contributed by atoms with Gasteiger partial charge in [-0.05, 0) is 468 Å². The zero-order chi connectivity index (χ0) is 103. The van der Waals surface area contributed by atoms with E-state index in [1.165, 1.54) is 212 Å². The Morgan fingerprint density at radius 2 is 0.743 bits per heavy atom. The number of carbonyl (C=O) groups excluding carboxylic acids is 1. The van der Waals surface area contributed by atoms with Gasteiger partial charge in [0.2, 0.25) is 0 Å². The molecule has 1 unspecified atom stereocenters. The molecule has 0 amide bonds. The van der Waals surface area contributed by atoms with Gasteiger partial charge in [0.25, 0.3) is 0 Å². The van der Waals surface area contributed by atoms with Crippen molar-refractivity contribution in [2.45, 2.75) is 532 Å². The minimum absolute atomic E-state index is 0. The van der Waals surface area contributed by atoms with Crippen LogP contribution in [0.15, 0.2) is 70.5 Å². The Balaban J connectivity index is 0.000000226. The van der Waals surface area contributed by atoms with Gasteiger partial charge in [0.05, 0.1) is 61.0 Å². The SMILES string of the molecule is C.C1CCCC2(CC1)CO2.CC(C)(C)[O-].CO.CS(C)(C)I.C[C@H](C(CC1(O)CCCCCC1)S(=O)(=O)c1ccccc1)[C@H]1CC[C@H]2[C@@H]3CC[C@H]4C[C@@](C)(O)CC[C@]4(C)[C@H]3CC[C@]12C.C[C@H](CCC1(O)CCCCCC1)[C@H]1CC[C@H]2[C@@H]3CC[C@H]4C[C@@](C)(O)CC[C@]4(C)[C@H]3CC[C@]12C.C[C@H](CS(=O)(=O)c1ccccc1)[C@H]1CC[C@H]2[C@@H]3CC[C@H]4C[C@@](C)(O)CC[C@]4(C)[C@H]3CC[C@]12C.O=C1CCCCCC1.[CH2-]CCC.[K+].[Li+]. The number of sulfone groups is 2. The van der Waals surface area contributed by atoms with Crippen molar-refractivity contribution < 1.29 is 132 Å². The van der Waals surface area contributed by atoms with E-state index in [0.29, 0.717) is 78.8 Å². The van der Waals surface area contributed by atoms with Crippen molar-refractivity contribution in [1.29, 1.82) is 0 Å². The van der Waals surface area contributed by atoms with E-state index in [9.17, 15) is 52.3 Å². The molecule has 822 valence electrons. The summed E-state index contributed by atoms with van der Waals surface area (Å²) in [5.74, 6) is 12.6. The van der Waals surface area contributed by atoms with Gasteiger partial charge >= 0.3 is 70.2 Å². The monoisotopic (exact) mass is 2200 g/mol. The van der Waals surface area contributed by atoms with Crippen LogP contribution in [-0.2, 0) is 29.2 Å². The van der Waals surface area contributed by atoms with Gasteiger partial charge in [0, 0.05) is 20.0 Å². The molecule has 2 aromatic carbocycles. The number of carbonyl (C=O) groups is 1. The number of fused-ring (bicyclic) bond motifs is 15. The predicted molar refractivity (Wildman–Crippen MR) is 603 cm³/mol. The number of epoxide rings is 1. The maximum atomic E-state index is 14.4. The third-order valence-corrected chi connectivity index (χ3v) is 47.3. The van der Waals surface area contributed by atoms with Gasteiger partial charge in [-0.15, -0.1) is 5.60 Å². The molecule has 1 spiro atoms. The Labute approximate surface area is 953 Å². The summed E-state index contributed by atoms with van der Waals surface area (Å²) in [6.45, 7) is 40.3.